The number of allylic oxidation sites excluding steroid dienone is 4. The third-order valence-corrected chi connectivity index (χ3v) is 4.87. The van der Waals surface area contributed by atoms with Crippen molar-refractivity contribution < 1.29 is 9.84 Å². The normalized spacial score (nSPS) is 20.3. The van der Waals surface area contributed by atoms with Gasteiger partial charge in [0.25, 0.3) is 0 Å². The Hall–Kier alpha value is -1.70. The van der Waals surface area contributed by atoms with Crippen LogP contribution >= 0.6 is 0 Å². The summed E-state index contributed by atoms with van der Waals surface area (Å²) >= 11 is 0. The van der Waals surface area contributed by atoms with Crippen molar-refractivity contribution in [3.63, 3.8) is 0 Å². The highest BCUT2D eigenvalue weighted by Crippen LogP contribution is 2.39. The minimum absolute atomic E-state index is 0.106. The molecule has 2 rings (SSSR count). The first-order valence-corrected chi connectivity index (χ1v) is 9.09. The van der Waals surface area contributed by atoms with Crippen molar-refractivity contribution in [3.8, 4) is 11.5 Å². The molecule has 1 atom stereocenters. The van der Waals surface area contributed by atoms with Gasteiger partial charge < -0.3 is 9.84 Å². The van der Waals surface area contributed by atoms with E-state index in [9.17, 15) is 5.11 Å². The fourth-order valence-electron chi connectivity index (χ4n) is 3.35. The molecule has 0 saturated heterocycles. The summed E-state index contributed by atoms with van der Waals surface area (Å²) in [6.45, 7) is 10.8. The van der Waals surface area contributed by atoms with Gasteiger partial charge in [0.05, 0.1) is 0 Å². The molecule has 2 heteroatoms. The molecule has 0 radical (unpaired) electrons. The molecule has 1 aliphatic rings. The van der Waals surface area contributed by atoms with Gasteiger partial charge in [-0.25, -0.2) is 0 Å². The van der Waals surface area contributed by atoms with Crippen LogP contribution in [0.2, 0.25) is 0 Å². The Kier molecular flexibility index (Phi) is 6.15. The van der Waals surface area contributed by atoms with Gasteiger partial charge in [-0.3, -0.25) is 0 Å². The van der Waals surface area contributed by atoms with Gasteiger partial charge in [-0.05, 0) is 96.4 Å². The van der Waals surface area contributed by atoms with Crippen molar-refractivity contribution >= 4 is 0 Å². The Labute approximate surface area is 147 Å². The molecule has 0 aliphatic carbocycles. The third kappa shape index (κ3) is 5.15. The van der Waals surface area contributed by atoms with E-state index in [1.54, 1.807) is 6.07 Å². The molecular weight excluding hydrogens is 296 g/mol. The van der Waals surface area contributed by atoms with E-state index in [0.29, 0.717) is 5.75 Å². The Morgan fingerprint density at radius 2 is 1.96 bits per heavy atom. The van der Waals surface area contributed by atoms with Crippen LogP contribution in [0.25, 0.3) is 0 Å². The molecule has 1 aromatic rings. The number of rotatable bonds is 6. The van der Waals surface area contributed by atoms with Crippen LogP contribution in [0.5, 0.6) is 11.5 Å². The molecule has 0 saturated carbocycles. The van der Waals surface area contributed by atoms with Crippen LogP contribution < -0.4 is 4.74 Å². The van der Waals surface area contributed by atoms with Crippen molar-refractivity contribution in [2.75, 3.05) is 0 Å². The highest BCUT2D eigenvalue weighted by atomic mass is 16.5. The van der Waals surface area contributed by atoms with Gasteiger partial charge >= 0.3 is 0 Å². The number of hydrogen-bond donors (Lipinski definition) is 1. The van der Waals surface area contributed by atoms with E-state index in [4.69, 9.17) is 4.74 Å². The maximum atomic E-state index is 9.74. The van der Waals surface area contributed by atoms with Crippen LogP contribution in [-0.2, 0) is 6.42 Å². The summed E-state index contributed by atoms with van der Waals surface area (Å²) in [4.78, 5) is 0. The Balaban J connectivity index is 1.92. The highest BCUT2D eigenvalue weighted by molar-refractivity contribution is 5.47. The molecular formula is C22H32O2. The summed E-state index contributed by atoms with van der Waals surface area (Å²) in [6.07, 6.45) is 11.0. The zero-order valence-electron chi connectivity index (χ0n) is 15.9. The number of benzene rings is 1. The lowest BCUT2D eigenvalue weighted by Gasteiger charge is -2.36. The fourth-order valence-corrected chi connectivity index (χ4v) is 3.35. The van der Waals surface area contributed by atoms with Gasteiger partial charge in [-0.2, -0.15) is 0 Å². The average Bonchev–Trinajstić information content (AvgIpc) is 2.48. The number of phenolic OH excluding ortho intramolecular Hbond substituents is 1. The second kappa shape index (κ2) is 7.92. The predicted octanol–water partition coefficient (Wildman–Crippen LogP) is 6.26. The van der Waals surface area contributed by atoms with Crippen molar-refractivity contribution in [1.29, 1.82) is 0 Å². The van der Waals surface area contributed by atoms with Crippen LogP contribution in [0.3, 0.4) is 0 Å². The zero-order chi connectivity index (χ0) is 17.7. The van der Waals surface area contributed by atoms with Gasteiger partial charge in [-0.15, -0.1) is 0 Å². The van der Waals surface area contributed by atoms with Crippen molar-refractivity contribution in [2.45, 2.75) is 78.7 Å². The third-order valence-electron chi connectivity index (χ3n) is 4.87. The molecule has 24 heavy (non-hydrogen) atoms. The lowest BCUT2D eigenvalue weighted by molar-refractivity contribution is 0.0561. The predicted molar refractivity (Wildman–Crippen MR) is 102 cm³/mol. The number of fused-ring (bicyclic) bond motifs is 1. The standard InChI is InChI=1S/C22H32O2/c1-16(2)8-6-9-17(3)10-7-12-22(5)13-11-19-15-20(23)14-18(4)21(19)24-22/h8,10,14-15,23H,6-7,9,11-13H2,1-5H3/b17-10+/t22-/m0/s1. The van der Waals surface area contributed by atoms with E-state index < -0.39 is 0 Å². The number of ether oxygens (including phenoxy) is 1. The van der Waals surface area contributed by atoms with Crippen molar-refractivity contribution in [3.05, 3.63) is 46.6 Å². The summed E-state index contributed by atoms with van der Waals surface area (Å²) in [5.74, 6) is 1.32. The number of aromatic hydroxyl groups is 1. The molecule has 1 aromatic carbocycles. The van der Waals surface area contributed by atoms with Gasteiger partial charge in [-0.1, -0.05) is 23.3 Å². The molecule has 0 aromatic heterocycles. The summed E-state index contributed by atoms with van der Waals surface area (Å²) in [7, 11) is 0. The molecule has 0 unspecified atom stereocenters. The number of phenols is 1. The van der Waals surface area contributed by atoms with Gasteiger partial charge in [0.15, 0.2) is 0 Å². The molecule has 1 N–H and O–H groups in total. The minimum Gasteiger partial charge on any atom is -0.508 e. The van der Waals surface area contributed by atoms with Crippen molar-refractivity contribution in [1.82, 2.24) is 0 Å². The first-order valence-electron chi connectivity index (χ1n) is 9.09. The summed E-state index contributed by atoms with van der Waals surface area (Å²) in [5, 5.41) is 9.74. The van der Waals surface area contributed by atoms with Crippen LogP contribution in [0.4, 0.5) is 0 Å². The zero-order valence-corrected chi connectivity index (χ0v) is 15.9. The Morgan fingerprint density at radius 1 is 1.21 bits per heavy atom. The smallest absolute Gasteiger partial charge is 0.126 e. The fraction of sp³-hybridized carbons (Fsp3) is 0.545. The first-order chi connectivity index (χ1) is 11.3. The van der Waals surface area contributed by atoms with E-state index in [0.717, 1.165) is 55.4 Å². The molecule has 0 spiro atoms. The molecule has 1 aliphatic heterocycles. The summed E-state index contributed by atoms with van der Waals surface area (Å²) < 4.78 is 6.35. The monoisotopic (exact) mass is 328 g/mol. The van der Waals surface area contributed by atoms with Gasteiger partial charge in [0.2, 0.25) is 0 Å². The average molecular weight is 328 g/mol. The van der Waals surface area contributed by atoms with E-state index in [-0.39, 0.29) is 5.60 Å². The molecule has 0 bridgehead atoms. The van der Waals surface area contributed by atoms with Crippen LogP contribution in [0.1, 0.15) is 70.9 Å². The number of aryl methyl sites for hydroxylation is 2. The largest absolute Gasteiger partial charge is 0.508 e. The number of hydrogen-bond acceptors (Lipinski definition) is 2. The van der Waals surface area contributed by atoms with Gasteiger partial charge in [0.1, 0.15) is 17.1 Å². The van der Waals surface area contributed by atoms with Crippen LogP contribution in [-0.4, -0.2) is 10.7 Å². The Morgan fingerprint density at radius 3 is 2.67 bits per heavy atom. The SMILES string of the molecule is CC(C)=CCC/C(C)=C/CC[C@@]1(C)CCc2cc(O)cc(C)c2O1. The second-order valence-corrected chi connectivity index (χ2v) is 7.71. The highest BCUT2D eigenvalue weighted by Gasteiger charge is 2.31. The topological polar surface area (TPSA) is 29.5 Å². The maximum Gasteiger partial charge on any atom is 0.126 e. The minimum atomic E-state index is -0.106. The van der Waals surface area contributed by atoms with Crippen LogP contribution in [0.15, 0.2) is 35.4 Å². The van der Waals surface area contributed by atoms with E-state index >= 15 is 0 Å². The second-order valence-electron chi connectivity index (χ2n) is 7.71. The summed E-state index contributed by atoms with van der Waals surface area (Å²) in [6, 6.07) is 3.63. The van der Waals surface area contributed by atoms with Crippen LogP contribution in [0, 0.1) is 6.92 Å². The van der Waals surface area contributed by atoms with E-state index in [1.807, 2.05) is 13.0 Å². The van der Waals surface area contributed by atoms with E-state index in [2.05, 4.69) is 39.8 Å². The molecule has 2 nitrogen and oxygen atoms in total. The van der Waals surface area contributed by atoms with E-state index in [1.165, 1.54) is 11.1 Å². The molecule has 0 amide bonds. The Bertz CT molecular complexity index is 636. The molecule has 0 fully saturated rings. The lowest BCUT2D eigenvalue weighted by Crippen LogP contribution is -2.36. The van der Waals surface area contributed by atoms with Gasteiger partial charge in [0, 0.05) is 0 Å². The van der Waals surface area contributed by atoms with Crippen molar-refractivity contribution in [2.24, 2.45) is 0 Å². The molecule has 132 valence electrons. The lowest BCUT2D eigenvalue weighted by atomic mass is 9.87. The summed E-state index contributed by atoms with van der Waals surface area (Å²) in [5.41, 5.74) is 4.92. The first kappa shape index (κ1) is 18.6. The maximum absolute atomic E-state index is 9.74. The molecule has 1 heterocycles. The quantitative estimate of drug-likeness (QED) is 0.625.